The summed E-state index contributed by atoms with van der Waals surface area (Å²) < 4.78 is 13.9. The quantitative estimate of drug-likeness (QED) is 0.370. The van der Waals surface area contributed by atoms with Crippen molar-refractivity contribution in [2.45, 2.75) is 37.9 Å². The minimum absolute atomic E-state index is 0.197. The van der Waals surface area contributed by atoms with Crippen molar-refractivity contribution in [1.29, 1.82) is 0 Å². The maximum atomic E-state index is 13.9. The highest BCUT2D eigenvalue weighted by Crippen LogP contribution is 2.46. The Morgan fingerprint density at radius 3 is 2.63 bits per heavy atom. The van der Waals surface area contributed by atoms with Crippen LogP contribution in [0.3, 0.4) is 0 Å². The van der Waals surface area contributed by atoms with Gasteiger partial charge in [0.2, 0.25) is 11.8 Å². The van der Waals surface area contributed by atoms with E-state index >= 15 is 0 Å². The molecule has 3 atom stereocenters. The van der Waals surface area contributed by atoms with E-state index in [1.807, 2.05) is 42.5 Å². The zero-order chi connectivity index (χ0) is 26.4. The van der Waals surface area contributed by atoms with E-state index in [2.05, 4.69) is 15.6 Å². The summed E-state index contributed by atoms with van der Waals surface area (Å²) in [4.78, 5) is 45.0. The highest BCUT2D eigenvalue weighted by Gasteiger charge is 2.49. The number of hydrogen-bond donors (Lipinski definition) is 3. The summed E-state index contributed by atoms with van der Waals surface area (Å²) in [6.07, 6.45) is 0.677. The minimum atomic E-state index is -0.828. The Morgan fingerprint density at radius 1 is 1.05 bits per heavy atom. The molecule has 1 aromatic heterocycles. The maximum Gasteiger partial charge on any atom is 0.255 e. The fourth-order valence-corrected chi connectivity index (χ4v) is 5.69. The molecule has 0 fully saturated rings. The Hall–Kier alpha value is -4.46. The summed E-state index contributed by atoms with van der Waals surface area (Å²) in [7, 11) is 0. The third-order valence-electron chi connectivity index (χ3n) is 7.56. The van der Waals surface area contributed by atoms with Crippen LogP contribution in [0.2, 0.25) is 0 Å². The summed E-state index contributed by atoms with van der Waals surface area (Å²) in [6.45, 7) is 1.85. The van der Waals surface area contributed by atoms with E-state index < -0.39 is 18.1 Å². The van der Waals surface area contributed by atoms with Gasteiger partial charge in [0.05, 0.1) is 6.04 Å². The Bertz CT molecular complexity index is 1580. The van der Waals surface area contributed by atoms with Crippen molar-refractivity contribution in [3.8, 4) is 0 Å². The number of benzene rings is 3. The SMILES string of the molecule is CC(NC(=O)C1Cc2c([nH]c3ccccc23)C2c3ccccc3C(=O)N12)C(=O)NCCc1ccccc1F. The number of rotatable bonds is 6. The molecule has 0 saturated carbocycles. The van der Waals surface area contributed by atoms with E-state index in [4.69, 9.17) is 0 Å². The lowest BCUT2D eigenvalue weighted by molar-refractivity contribution is -0.131. The van der Waals surface area contributed by atoms with Crippen molar-refractivity contribution in [2.75, 3.05) is 6.54 Å². The van der Waals surface area contributed by atoms with E-state index in [0.29, 0.717) is 24.0 Å². The first-order valence-electron chi connectivity index (χ1n) is 12.8. The van der Waals surface area contributed by atoms with Crippen molar-refractivity contribution in [2.24, 2.45) is 0 Å². The number of aromatic amines is 1. The van der Waals surface area contributed by atoms with E-state index in [-0.39, 0.29) is 30.1 Å². The molecule has 3 aromatic carbocycles. The minimum Gasteiger partial charge on any atom is -0.356 e. The van der Waals surface area contributed by atoms with E-state index in [1.54, 1.807) is 36.1 Å². The van der Waals surface area contributed by atoms with Gasteiger partial charge in [-0.05, 0) is 48.2 Å². The Kier molecular flexibility index (Phi) is 5.94. The molecular formula is C30H27FN4O3. The van der Waals surface area contributed by atoms with Gasteiger partial charge < -0.3 is 20.5 Å². The number of hydrogen-bond acceptors (Lipinski definition) is 3. The van der Waals surface area contributed by atoms with Gasteiger partial charge in [0.25, 0.3) is 5.91 Å². The normalized spacial score (nSPS) is 18.5. The van der Waals surface area contributed by atoms with Crippen molar-refractivity contribution < 1.29 is 18.8 Å². The van der Waals surface area contributed by atoms with Crippen molar-refractivity contribution >= 4 is 28.6 Å². The lowest BCUT2D eigenvalue weighted by Crippen LogP contribution is -2.56. The molecule has 3 heterocycles. The summed E-state index contributed by atoms with van der Waals surface area (Å²) in [5, 5.41) is 6.60. The monoisotopic (exact) mass is 510 g/mol. The van der Waals surface area contributed by atoms with Crippen LogP contribution in [-0.2, 0) is 22.4 Å². The first-order chi connectivity index (χ1) is 18.4. The molecule has 0 radical (unpaired) electrons. The number of carbonyl (C=O) groups is 3. The molecule has 3 N–H and O–H groups in total. The van der Waals surface area contributed by atoms with Gasteiger partial charge in [-0.2, -0.15) is 0 Å². The van der Waals surface area contributed by atoms with Gasteiger partial charge in [0.15, 0.2) is 0 Å². The number of nitrogens with zero attached hydrogens (tertiary/aromatic N) is 1. The second kappa shape index (κ2) is 9.45. The maximum absolute atomic E-state index is 13.9. The van der Waals surface area contributed by atoms with Crippen LogP contribution in [0, 0.1) is 5.82 Å². The molecule has 192 valence electrons. The number of carbonyl (C=O) groups excluding carboxylic acids is 3. The van der Waals surface area contributed by atoms with Gasteiger partial charge in [-0.15, -0.1) is 0 Å². The third kappa shape index (κ3) is 3.93. The lowest BCUT2D eigenvalue weighted by Gasteiger charge is -2.37. The van der Waals surface area contributed by atoms with Gasteiger partial charge in [0, 0.05) is 35.1 Å². The molecule has 38 heavy (non-hydrogen) atoms. The van der Waals surface area contributed by atoms with Crippen molar-refractivity contribution in [3.05, 3.63) is 107 Å². The Labute approximate surface area is 219 Å². The molecule has 4 aromatic rings. The number of amides is 3. The fourth-order valence-electron chi connectivity index (χ4n) is 5.69. The summed E-state index contributed by atoms with van der Waals surface area (Å²) in [5.41, 5.74) is 4.85. The number of nitrogens with one attached hydrogen (secondary N) is 3. The van der Waals surface area contributed by atoms with Crippen LogP contribution in [-0.4, -0.2) is 46.2 Å². The average molecular weight is 511 g/mol. The van der Waals surface area contributed by atoms with E-state index in [9.17, 15) is 18.8 Å². The molecule has 7 nitrogen and oxygen atoms in total. The van der Waals surface area contributed by atoms with Crippen LogP contribution in [0.15, 0.2) is 72.8 Å². The van der Waals surface area contributed by atoms with E-state index in [0.717, 1.165) is 27.7 Å². The Morgan fingerprint density at radius 2 is 1.79 bits per heavy atom. The molecule has 0 aliphatic carbocycles. The second-order valence-electron chi connectivity index (χ2n) is 9.85. The molecule has 8 heteroatoms. The molecule has 3 unspecified atom stereocenters. The summed E-state index contributed by atoms with van der Waals surface area (Å²) in [6, 6.07) is 19.8. The number of fused-ring (bicyclic) bond motifs is 7. The highest BCUT2D eigenvalue weighted by molar-refractivity contribution is 6.04. The molecule has 3 amide bonds. The number of halogens is 1. The van der Waals surface area contributed by atoms with E-state index in [1.165, 1.54) is 6.07 Å². The van der Waals surface area contributed by atoms with Gasteiger partial charge in [-0.25, -0.2) is 4.39 Å². The molecule has 2 aliphatic heterocycles. The highest BCUT2D eigenvalue weighted by atomic mass is 19.1. The smallest absolute Gasteiger partial charge is 0.255 e. The van der Waals surface area contributed by atoms with Gasteiger partial charge in [0.1, 0.15) is 17.9 Å². The molecule has 0 spiro atoms. The van der Waals surface area contributed by atoms with Gasteiger partial charge in [-0.3, -0.25) is 14.4 Å². The molecular weight excluding hydrogens is 483 g/mol. The number of aromatic nitrogens is 1. The fraction of sp³-hybridized carbons (Fsp3) is 0.233. The molecule has 0 saturated heterocycles. The zero-order valence-corrected chi connectivity index (χ0v) is 20.8. The van der Waals surface area contributed by atoms with Crippen molar-refractivity contribution in [1.82, 2.24) is 20.5 Å². The average Bonchev–Trinajstić information content (AvgIpc) is 3.44. The number of para-hydroxylation sites is 1. The predicted octanol–water partition coefficient (Wildman–Crippen LogP) is 3.64. The predicted molar refractivity (Wildman–Crippen MR) is 141 cm³/mol. The molecule has 0 bridgehead atoms. The van der Waals surface area contributed by atoms with Crippen LogP contribution in [0.1, 0.15) is 45.7 Å². The van der Waals surface area contributed by atoms with Crippen LogP contribution >= 0.6 is 0 Å². The first-order valence-corrected chi connectivity index (χ1v) is 12.8. The topological polar surface area (TPSA) is 94.3 Å². The van der Waals surface area contributed by atoms with Gasteiger partial charge in [-0.1, -0.05) is 54.6 Å². The largest absolute Gasteiger partial charge is 0.356 e. The Balaban J connectivity index is 1.23. The second-order valence-corrected chi connectivity index (χ2v) is 9.85. The van der Waals surface area contributed by atoms with Crippen LogP contribution in [0.25, 0.3) is 10.9 Å². The van der Waals surface area contributed by atoms with Gasteiger partial charge >= 0.3 is 0 Å². The summed E-state index contributed by atoms with van der Waals surface area (Å²) >= 11 is 0. The lowest BCUT2D eigenvalue weighted by atomic mass is 9.90. The van der Waals surface area contributed by atoms with Crippen LogP contribution in [0.4, 0.5) is 4.39 Å². The van der Waals surface area contributed by atoms with Crippen LogP contribution in [0.5, 0.6) is 0 Å². The third-order valence-corrected chi connectivity index (χ3v) is 7.56. The summed E-state index contributed by atoms with van der Waals surface area (Å²) in [5.74, 6) is -1.27. The van der Waals surface area contributed by atoms with Crippen LogP contribution < -0.4 is 10.6 Å². The van der Waals surface area contributed by atoms with Crippen molar-refractivity contribution in [3.63, 3.8) is 0 Å². The molecule has 2 aliphatic rings. The number of H-pyrrole nitrogens is 1. The first kappa shape index (κ1) is 23.9. The zero-order valence-electron chi connectivity index (χ0n) is 20.8. The molecule has 6 rings (SSSR count). The standard InChI is InChI=1S/C30H27FN4O3/c1-17(28(36)32-15-14-18-8-2-6-12-23(18)31)33-29(37)25-16-22-19-9-5-7-13-24(19)34-26(22)27-20-10-3-4-11-21(20)30(38)35(25)27/h2-13,17,25,27,34H,14-16H2,1H3,(H,32,36)(H,33,37).